The Hall–Kier alpha value is -3.39. The molecule has 4 rings (SSSR count). The molecule has 2 N–H and O–H groups in total. The Balaban J connectivity index is 1.41. The van der Waals surface area contributed by atoms with Crippen LogP contribution in [0.1, 0.15) is 25.2 Å². The summed E-state index contributed by atoms with van der Waals surface area (Å²) in [6.07, 6.45) is 5.63. The van der Waals surface area contributed by atoms with E-state index in [0.29, 0.717) is 6.54 Å². The Morgan fingerprint density at radius 2 is 1.90 bits per heavy atom. The quantitative estimate of drug-likeness (QED) is 0.660. The van der Waals surface area contributed by atoms with Gasteiger partial charge in [0.1, 0.15) is 11.6 Å². The van der Waals surface area contributed by atoms with Crippen LogP contribution in [0.5, 0.6) is 0 Å². The summed E-state index contributed by atoms with van der Waals surface area (Å²) in [6.45, 7) is 8.03. The smallest absolute Gasteiger partial charge is 0.319 e. The number of aromatic nitrogens is 3. The van der Waals surface area contributed by atoms with Gasteiger partial charge in [-0.25, -0.2) is 14.8 Å². The van der Waals surface area contributed by atoms with Crippen molar-refractivity contribution in [2.24, 2.45) is 0 Å². The lowest BCUT2D eigenvalue weighted by molar-refractivity contribution is -0.00517. The number of aryl methyl sites for hydroxylation is 1. The average Bonchev–Trinajstić information content (AvgIpc) is 3.18. The summed E-state index contributed by atoms with van der Waals surface area (Å²) < 4.78 is 7.74. The first-order valence-corrected chi connectivity index (χ1v) is 10.5. The van der Waals surface area contributed by atoms with Crippen molar-refractivity contribution in [1.29, 1.82) is 0 Å². The van der Waals surface area contributed by atoms with Gasteiger partial charge in [-0.05, 0) is 50.6 Å². The molecule has 2 unspecified atom stereocenters. The number of hydrogen-bond acceptors (Lipinski definition) is 5. The number of hydrogen-bond donors (Lipinski definition) is 2. The molecule has 3 heterocycles. The van der Waals surface area contributed by atoms with Crippen molar-refractivity contribution in [3.63, 3.8) is 0 Å². The first kappa shape index (κ1) is 20.9. The van der Waals surface area contributed by atoms with Crippen molar-refractivity contribution in [2.45, 2.75) is 39.5 Å². The second-order valence-corrected chi connectivity index (χ2v) is 7.85. The van der Waals surface area contributed by atoms with Crippen LogP contribution in [0.25, 0.3) is 5.82 Å². The maximum atomic E-state index is 12.6. The molecule has 1 aromatic carbocycles. The van der Waals surface area contributed by atoms with Gasteiger partial charge >= 0.3 is 6.03 Å². The zero-order valence-corrected chi connectivity index (χ0v) is 18.1. The van der Waals surface area contributed by atoms with E-state index in [4.69, 9.17) is 4.74 Å². The second-order valence-electron chi connectivity index (χ2n) is 7.85. The molecule has 2 atom stereocenters. The van der Waals surface area contributed by atoms with E-state index in [1.54, 1.807) is 12.4 Å². The lowest BCUT2D eigenvalue weighted by atomic mass is 10.1. The molecule has 162 valence electrons. The highest BCUT2D eigenvalue weighted by atomic mass is 16.5. The molecular weight excluding hydrogens is 392 g/mol. The summed E-state index contributed by atoms with van der Waals surface area (Å²) in [4.78, 5) is 23.5. The van der Waals surface area contributed by atoms with Crippen LogP contribution in [0.15, 0.2) is 55.0 Å². The van der Waals surface area contributed by atoms with E-state index in [-0.39, 0.29) is 18.2 Å². The first-order valence-electron chi connectivity index (χ1n) is 10.5. The number of anilines is 2. The lowest BCUT2D eigenvalue weighted by Gasteiger charge is -2.37. The molecule has 2 amide bonds. The molecule has 0 radical (unpaired) electrons. The van der Waals surface area contributed by atoms with E-state index >= 15 is 0 Å². The molecule has 1 aliphatic rings. The fourth-order valence-electron chi connectivity index (χ4n) is 3.90. The molecule has 1 fully saturated rings. The Morgan fingerprint density at radius 3 is 2.65 bits per heavy atom. The van der Waals surface area contributed by atoms with E-state index in [9.17, 15) is 4.79 Å². The van der Waals surface area contributed by atoms with Gasteiger partial charge in [-0.15, -0.1) is 0 Å². The highest BCUT2D eigenvalue weighted by molar-refractivity contribution is 5.93. The average molecular weight is 421 g/mol. The number of benzene rings is 1. The van der Waals surface area contributed by atoms with Crippen LogP contribution in [0, 0.1) is 6.92 Å². The predicted molar refractivity (Wildman–Crippen MR) is 121 cm³/mol. The van der Waals surface area contributed by atoms with Crippen LogP contribution in [-0.2, 0) is 11.3 Å². The van der Waals surface area contributed by atoms with Crippen LogP contribution >= 0.6 is 0 Å². The van der Waals surface area contributed by atoms with Crippen molar-refractivity contribution in [2.75, 3.05) is 23.3 Å². The third kappa shape index (κ3) is 5.03. The third-order valence-corrected chi connectivity index (χ3v) is 5.25. The summed E-state index contributed by atoms with van der Waals surface area (Å²) in [5.74, 6) is 1.63. The summed E-state index contributed by atoms with van der Waals surface area (Å²) in [6, 6.07) is 11.4. The van der Waals surface area contributed by atoms with Crippen molar-refractivity contribution < 1.29 is 9.53 Å². The largest absolute Gasteiger partial charge is 0.372 e. The molecule has 31 heavy (non-hydrogen) atoms. The fraction of sp³-hybridized carbons (Fsp3) is 0.348. The first-order chi connectivity index (χ1) is 15.0. The zero-order valence-electron chi connectivity index (χ0n) is 18.1. The normalized spacial score (nSPS) is 18.6. The zero-order chi connectivity index (χ0) is 21.8. The maximum Gasteiger partial charge on any atom is 0.319 e. The van der Waals surface area contributed by atoms with Crippen LogP contribution < -0.4 is 15.5 Å². The standard InChI is InChI=1S/C23H28N6O2/c1-16-14-28(15-17(2)31-16)21-7-5-4-6-20(21)27-23(30)26-13-19-8-9-25-22(12-19)29-11-10-24-18(29)3/h4-12,16-17H,13-15H2,1-3H3,(H2,26,27,30). The Kier molecular flexibility index (Phi) is 6.18. The number of nitrogens with one attached hydrogen (secondary N) is 2. The Bertz CT molecular complexity index is 1040. The number of para-hydroxylation sites is 2. The van der Waals surface area contributed by atoms with Crippen molar-refractivity contribution in [3.05, 3.63) is 66.4 Å². The number of carbonyl (C=O) groups excluding carboxylic acids is 1. The van der Waals surface area contributed by atoms with E-state index in [1.165, 1.54) is 0 Å². The highest BCUT2D eigenvalue weighted by Gasteiger charge is 2.24. The van der Waals surface area contributed by atoms with Crippen molar-refractivity contribution >= 4 is 17.4 Å². The van der Waals surface area contributed by atoms with Gasteiger partial charge in [0.15, 0.2) is 0 Å². The SMILES string of the molecule is Cc1nccn1-c1cc(CNC(=O)Nc2ccccc2N2CC(C)OC(C)C2)ccn1. The summed E-state index contributed by atoms with van der Waals surface area (Å²) in [5.41, 5.74) is 2.74. The number of amides is 2. The second kappa shape index (κ2) is 9.18. The minimum absolute atomic E-state index is 0.144. The molecule has 0 bridgehead atoms. The number of nitrogens with zero attached hydrogens (tertiary/aromatic N) is 4. The van der Waals surface area contributed by atoms with Crippen LogP contribution in [0.2, 0.25) is 0 Å². The summed E-state index contributed by atoms with van der Waals surface area (Å²) in [5, 5.41) is 5.93. The minimum atomic E-state index is -0.251. The monoisotopic (exact) mass is 420 g/mol. The van der Waals surface area contributed by atoms with Gasteiger partial charge in [0.25, 0.3) is 0 Å². The van der Waals surface area contributed by atoms with E-state index in [1.807, 2.05) is 54.1 Å². The summed E-state index contributed by atoms with van der Waals surface area (Å²) in [7, 11) is 0. The lowest BCUT2D eigenvalue weighted by Crippen LogP contribution is -2.45. The molecule has 1 saturated heterocycles. The minimum Gasteiger partial charge on any atom is -0.372 e. The number of urea groups is 1. The topological polar surface area (TPSA) is 84.3 Å². The number of pyridine rings is 1. The molecule has 0 spiro atoms. The van der Waals surface area contributed by atoms with E-state index in [2.05, 4.69) is 39.3 Å². The van der Waals surface area contributed by atoms with Gasteiger partial charge in [-0.3, -0.25) is 4.57 Å². The van der Waals surface area contributed by atoms with Gasteiger partial charge in [0, 0.05) is 38.2 Å². The number of carbonyl (C=O) groups is 1. The van der Waals surface area contributed by atoms with E-state index < -0.39 is 0 Å². The van der Waals surface area contributed by atoms with Crippen LogP contribution in [0.3, 0.4) is 0 Å². The fourth-order valence-corrected chi connectivity index (χ4v) is 3.90. The number of morpholine rings is 1. The van der Waals surface area contributed by atoms with Crippen molar-refractivity contribution in [1.82, 2.24) is 19.9 Å². The number of rotatable bonds is 5. The highest BCUT2D eigenvalue weighted by Crippen LogP contribution is 2.28. The van der Waals surface area contributed by atoms with Gasteiger partial charge in [-0.1, -0.05) is 12.1 Å². The van der Waals surface area contributed by atoms with Crippen molar-refractivity contribution in [3.8, 4) is 5.82 Å². The third-order valence-electron chi connectivity index (χ3n) is 5.25. The number of ether oxygens (including phenoxy) is 1. The van der Waals surface area contributed by atoms with Gasteiger partial charge in [0.2, 0.25) is 0 Å². The van der Waals surface area contributed by atoms with Gasteiger partial charge < -0.3 is 20.3 Å². The Morgan fingerprint density at radius 1 is 1.13 bits per heavy atom. The number of imidazole rings is 1. The Labute approximate surface area is 182 Å². The molecule has 3 aromatic rings. The molecular formula is C23H28N6O2. The maximum absolute atomic E-state index is 12.6. The van der Waals surface area contributed by atoms with Gasteiger partial charge in [-0.2, -0.15) is 0 Å². The molecule has 0 saturated carbocycles. The molecule has 8 heteroatoms. The molecule has 1 aliphatic heterocycles. The van der Waals surface area contributed by atoms with E-state index in [0.717, 1.165) is 41.7 Å². The molecule has 0 aliphatic carbocycles. The van der Waals surface area contributed by atoms with Crippen LogP contribution in [-0.4, -0.2) is 45.9 Å². The predicted octanol–water partition coefficient (Wildman–Crippen LogP) is 3.51. The van der Waals surface area contributed by atoms with Gasteiger partial charge in [0.05, 0.1) is 23.6 Å². The van der Waals surface area contributed by atoms with Crippen LogP contribution in [0.4, 0.5) is 16.2 Å². The summed E-state index contributed by atoms with van der Waals surface area (Å²) >= 11 is 0. The molecule has 8 nitrogen and oxygen atoms in total. The molecule has 2 aromatic heterocycles.